The van der Waals surface area contributed by atoms with Crippen molar-refractivity contribution in [3.05, 3.63) is 83.4 Å². The number of methoxy groups -OCH3 is 2. The molecule has 0 atom stereocenters. The van der Waals surface area contributed by atoms with E-state index in [-0.39, 0.29) is 24.1 Å². The number of amides is 3. The highest BCUT2D eigenvalue weighted by Gasteiger charge is 2.36. The molecule has 0 saturated carbocycles. The van der Waals surface area contributed by atoms with Crippen molar-refractivity contribution in [2.75, 3.05) is 24.4 Å². The van der Waals surface area contributed by atoms with Crippen LogP contribution in [0.15, 0.2) is 66.7 Å². The molecule has 3 aromatic rings. The van der Waals surface area contributed by atoms with Gasteiger partial charge in [0.25, 0.3) is 11.8 Å². The average Bonchev–Trinajstić information content (AvgIpc) is 3.07. The van der Waals surface area contributed by atoms with E-state index in [4.69, 9.17) is 9.47 Å². The van der Waals surface area contributed by atoms with Gasteiger partial charge in [-0.3, -0.25) is 14.4 Å². The Morgan fingerprint density at radius 3 is 2.25 bits per heavy atom. The monoisotopic (exact) mass is 430 g/mol. The SMILES string of the molecule is COc1ccc(OC)c(CCC(=O)Nc2cccc(N3C(=O)c4ccccc4C3=O)c2)c1. The summed E-state index contributed by atoms with van der Waals surface area (Å²) in [6.07, 6.45) is 0.686. The predicted molar refractivity (Wildman–Crippen MR) is 121 cm³/mol. The van der Waals surface area contributed by atoms with Crippen molar-refractivity contribution >= 4 is 29.1 Å². The van der Waals surface area contributed by atoms with Gasteiger partial charge in [-0.1, -0.05) is 18.2 Å². The van der Waals surface area contributed by atoms with E-state index in [1.165, 1.54) is 0 Å². The van der Waals surface area contributed by atoms with Crippen LogP contribution in [0.25, 0.3) is 0 Å². The largest absolute Gasteiger partial charge is 0.497 e. The van der Waals surface area contributed by atoms with Crippen molar-refractivity contribution in [3.63, 3.8) is 0 Å². The second-order valence-corrected chi connectivity index (χ2v) is 7.27. The number of carbonyl (C=O) groups excluding carboxylic acids is 3. The number of fused-ring (bicyclic) bond motifs is 1. The van der Waals surface area contributed by atoms with Gasteiger partial charge < -0.3 is 14.8 Å². The highest BCUT2D eigenvalue weighted by atomic mass is 16.5. The molecular weight excluding hydrogens is 408 g/mol. The lowest BCUT2D eigenvalue weighted by molar-refractivity contribution is -0.116. The van der Waals surface area contributed by atoms with E-state index in [0.29, 0.717) is 40.4 Å². The summed E-state index contributed by atoms with van der Waals surface area (Å²) in [5, 5.41) is 2.83. The number of rotatable bonds is 7. The number of hydrogen-bond acceptors (Lipinski definition) is 5. The first-order valence-corrected chi connectivity index (χ1v) is 10.1. The van der Waals surface area contributed by atoms with Crippen LogP contribution in [0, 0.1) is 0 Å². The standard InChI is InChI=1S/C25H22N2O5/c1-31-19-11-12-22(32-2)16(14-19)10-13-23(28)26-17-6-5-7-18(15-17)27-24(29)20-8-3-4-9-21(20)25(27)30/h3-9,11-12,14-15H,10,13H2,1-2H3,(H,26,28). The topological polar surface area (TPSA) is 84.9 Å². The minimum absolute atomic E-state index is 0.200. The van der Waals surface area contributed by atoms with E-state index in [0.717, 1.165) is 10.5 Å². The number of hydrogen-bond donors (Lipinski definition) is 1. The van der Waals surface area contributed by atoms with E-state index >= 15 is 0 Å². The van der Waals surface area contributed by atoms with E-state index in [2.05, 4.69) is 5.32 Å². The Hall–Kier alpha value is -4.13. The maximum absolute atomic E-state index is 12.7. The van der Waals surface area contributed by atoms with Crippen LogP contribution in [0.2, 0.25) is 0 Å². The summed E-state index contributed by atoms with van der Waals surface area (Å²) in [5.41, 5.74) is 2.52. The van der Waals surface area contributed by atoms with E-state index < -0.39 is 0 Å². The van der Waals surface area contributed by atoms with E-state index in [9.17, 15) is 14.4 Å². The van der Waals surface area contributed by atoms with Crippen molar-refractivity contribution in [3.8, 4) is 11.5 Å². The first-order valence-electron chi connectivity index (χ1n) is 10.1. The van der Waals surface area contributed by atoms with Crippen molar-refractivity contribution in [1.29, 1.82) is 0 Å². The molecule has 1 aliphatic heterocycles. The number of nitrogens with one attached hydrogen (secondary N) is 1. The zero-order chi connectivity index (χ0) is 22.7. The van der Waals surface area contributed by atoms with E-state index in [1.54, 1.807) is 74.9 Å². The molecule has 1 N–H and O–H groups in total. The Bertz CT molecular complexity index is 1170. The second kappa shape index (κ2) is 8.93. The summed E-state index contributed by atoms with van der Waals surface area (Å²) >= 11 is 0. The van der Waals surface area contributed by atoms with Crippen molar-refractivity contribution in [2.45, 2.75) is 12.8 Å². The van der Waals surface area contributed by atoms with Gasteiger partial charge in [0.05, 0.1) is 31.0 Å². The minimum atomic E-state index is -0.376. The molecule has 0 aromatic heterocycles. The molecule has 3 amide bonds. The molecule has 0 fully saturated rings. The van der Waals surface area contributed by atoms with Crippen LogP contribution in [-0.4, -0.2) is 31.9 Å². The fourth-order valence-electron chi connectivity index (χ4n) is 3.70. The Morgan fingerprint density at radius 2 is 1.59 bits per heavy atom. The van der Waals surface area contributed by atoms with Crippen LogP contribution in [-0.2, 0) is 11.2 Å². The molecule has 0 bridgehead atoms. The zero-order valence-electron chi connectivity index (χ0n) is 17.8. The summed E-state index contributed by atoms with van der Waals surface area (Å²) in [4.78, 5) is 39.1. The van der Waals surface area contributed by atoms with Gasteiger partial charge in [0.15, 0.2) is 0 Å². The normalized spacial score (nSPS) is 12.5. The first kappa shape index (κ1) is 21.1. The highest BCUT2D eigenvalue weighted by molar-refractivity contribution is 6.34. The second-order valence-electron chi connectivity index (χ2n) is 7.27. The number of ether oxygens (including phenoxy) is 2. The summed E-state index contributed by atoms with van der Waals surface area (Å²) in [7, 11) is 3.16. The third-order valence-corrected chi connectivity index (χ3v) is 5.29. The summed E-state index contributed by atoms with van der Waals surface area (Å²) in [6, 6.07) is 18.8. The quantitative estimate of drug-likeness (QED) is 0.571. The Labute approximate surface area is 185 Å². The lowest BCUT2D eigenvalue weighted by Crippen LogP contribution is -2.29. The fourth-order valence-corrected chi connectivity index (χ4v) is 3.70. The molecule has 0 spiro atoms. The van der Waals surface area contributed by atoms with E-state index in [1.807, 2.05) is 6.07 Å². The molecule has 0 unspecified atom stereocenters. The summed E-state index contributed by atoms with van der Waals surface area (Å²) in [6.45, 7) is 0. The molecule has 162 valence electrons. The lowest BCUT2D eigenvalue weighted by Gasteiger charge is -2.15. The maximum atomic E-state index is 12.7. The smallest absolute Gasteiger partial charge is 0.266 e. The number of benzene rings is 3. The molecule has 3 aromatic carbocycles. The summed E-state index contributed by atoms with van der Waals surface area (Å²) < 4.78 is 10.6. The molecule has 0 radical (unpaired) electrons. The van der Waals surface area contributed by atoms with Gasteiger partial charge in [-0.25, -0.2) is 4.90 Å². The Kier molecular flexibility index (Phi) is 5.89. The first-order chi connectivity index (χ1) is 15.5. The van der Waals surface area contributed by atoms with Crippen molar-refractivity contribution < 1.29 is 23.9 Å². The third-order valence-electron chi connectivity index (χ3n) is 5.29. The number of carbonyl (C=O) groups is 3. The number of anilines is 2. The van der Waals surface area contributed by atoms with Gasteiger partial charge in [0, 0.05) is 12.1 Å². The van der Waals surface area contributed by atoms with Crippen LogP contribution in [0.5, 0.6) is 11.5 Å². The predicted octanol–water partition coefficient (Wildman–Crippen LogP) is 4.08. The molecular formula is C25H22N2O5. The molecule has 0 aliphatic carbocycles. The molecule has 7 heteroatoms. The van der Waals surface area contributed by atoms with Gasteiger partial charge >= 0.3 is 0 Å². The van der Waals surface area contributed by atoms with Gasteiger partial charge in [-0.15, -0.1) is 0 Å². The summed E-state index contributed by atoms with van der Waals surface area (Å²) in [5.74, 6) is 0.425. The Morgan fingerprint density at radius 1 is 0.875 bits per heavy atom. The van der Waals surface area contributed by atoms with Crippen LogP contribution < -0.4 is 19.7 Å². The average molecular weight is 430 g/mol. The van der Waals surface area contributed by atoms with Gasteiger partial charge in [-0.05, 0) is 60.5 Å². The lowest BCUT2D eigenvalue weighted by atomic mass is 10.1. The molecule has 0 saturated heterocycles. The third kappa shape index (κ3) is 4.05. The molecule has 1 aliphatic rings. The van der Waals surface area contributed by atoms with Gasteiger partial charge in [0.1, 0.15) is 11.5 Å². The number of nitrogens with zero attached hydrogens (tertiary/aromatic N) is 1. The molecule has 4 rings (SSSR count). The zero-order valence-corrected chi connectivity index (χ0v) is 17.8. The van der Waals surface area contributed by atoms with Crippen LogP contribution in [0.3, 0.4) is 0 Å². The van der Waals surface area contributed by atoms with Gasteiger partial charge in [0.2, 0.25) is 5.91 Å². The fraction of sp³-hybridized carbons (Fsp3) is 0.160. The maximum Gasteiger partial charge on any atom is 0.266 e. The molecule has 7 nitrogen and oxygen atoms in total. The highest BCUT2D eigenvalue weighted by Crippen LogP contribution is 2.30. The van der Waals surface area contributed by atoms with Crippen molar-refractivity contribution in [1.82, 2.24) is 0 Å². The minimum Gasteiger partial charge on any atom is -0.497 e. The molecule has 1 heterocycles. The van der Waals surface area contributed by atoms with Gasteiger partial charge in [-0.2, -0.15) is 0 Å². The number of imide groups is 1. The Balaban J connectivity index is 1.46. The van der Waals surface area contributed by atoms with Crippen LogP contribution >= 0.6 is 0 Å². The number of aryl methyl sites for hydroxylation is 1. The van der Waals surface area contributed by atoms with Crippen LogP contribution in [0.1, 0.15) is 32.7 Å². The van der Waals surface area contributed by atoms with Crippen molar-refractivity contribution in [2.24, 2.45) is 0 Å². The molecule has 32 heavy (non-hydrogen) atoms. The van der Waals surface area contributed by atoms with Crippen LogP contribution in [0.4, 0.5) is 11.4 Å².